The van der Waals surface area contributed by atoms with Crippen molar-refractivity contribution in [2.75, 3.05) is 7.11 Å². The van der Waals surface area contributed by atoms with Crippen LogP contribution in [0.1, 0.15) is 18.6 Å². The maximum atomic E-state index is 11.3. The molecule has 0 amide bonds. The summed E-state index contributed by atoms with van der Waals surface area (Å²) >= 11 is 9.42. The van der Waals surface area contributed by atoms with Crippen LogP contribution in [0.5, 0.6) is 5.88 Å². The fourth-order valence-corrected chi connectivity index (χ4v) is 1.57. The number of methoxy groups -OCH3 is 1. The van der Waals surface area contributed by atoms with Crippen molar-refractivity contribution in [1.29, 1.82) is 0 Å². The van der Waals surface area contributed by atoms with Crippen molar-refractivity contribution in [3.8, 4) is 5.88 Å². The maximum absolute atomic E-state index is 11.3. The van der Waals surface area contributed by atoms with Crippen LogP contribution in [0, 0.1) is 0 Å². The fourth-order valence-electron chi connectivity index (χ4n) is 1.21. The number of pyridine rings is 1. The van der Waals surface area contributed by atoms with Gasteiger partial charge in [0.1, 0.15) is 0 Å². The number of carbonyl (C=O) groups is 2. The summed E-state index contributed by atoms with van der Waals surface area (Å²) < 4.78 is 9.82. The van der Waals surface area contributed by atoms with Gasteiger partial charge >= 0.3 is 5.97 Å². The summed E-state index contributed by atoms with van der Waals surface area (Å²) in [5.74, 6) is -0.456. The molecule has 0 aliphatic rings. The second-order valence-electron chi connectivity index (χ2n) is 3.08. The van der Waals surface area contributed by atoms with Crippen LogP contribution in [0.15, 0.2) is 12.3 Å². The van der Waals surface area contributed by atoms with E-state index in [4.69, 9.17) is 21.1 Å². The first-order valence-corrected chi connectivity index (χ1v) is 5.37. The van der Waals surface area contributed by atoms with Gasteiger partial charge < -0.3 is 9.47 Å². The van der Waals surface area contributed by atoms with E-state index in [2.05, 4.69) is 17.6 Å². The zero-order valence-electron chi connectivity index (χ0n) is 9.14. The molecule has 7 heteroatoms. The molecule has 1 unspecified atom stereocenters. The Morgan fingerprint density at radius 2 is 2.18 bits per heavy atom. The molecule has 1 aromatic heterocycles. The molecule has 0 radical (unpaired) electrons. The minimum atomic E-state index is -1.18. The van der Waals surface area contributed by atoms with E-state index in [9.17, 15) is 9.59 Å². The van der Waals surface area contributed by atoms with E-state index < -0.39 is 17.2 Å². The molecule has 92 valence electrons. The van der Waals surface area contributed by atoms with Crippen molar-refractivity contribution in [3.05, 3.63) is 22.8 Å². The second-order valence-corrected chi connectivity index (χ2v) is 3.96. The Labute approximate surface area is 108 Å². The van der Waals surface area contributed by atoms with Crippen molar-refractivity contribution >= 4 is 35.3 Å². The topological polar surface area (TPSA) is 65.5 Å². The highest BCUT2D eigenvalue weighted by molar-refractivity contribution is 7.96. The number of aromatic nitrogens is 1. The minimum Gasteiger partial charge on any atom is -0.481 e. The van der Waals surface area contributed by atoms with Crippen LogP contribution in [0.4, 0.5) is 0 Å². The first-order chi connectivity index (χ1) is 7.95. The molecular formula is C10H10ClNO4S. The number of halogens is 1. The molecular weight excluding hydrogens is 266 g/mol. The molecule has 17 heavy (non-hydrogen) atoms. The highest BCUT2D eigenvalue weighted by atomic mass is 35.5. The summed E-state index contributed by atoms with van der Waals surface area (Å²) in [6, 6.07) is 1.44. The molecule has 0 spiro atoms. The SMILES string of the molecule is COc1ncc(Cl)cc1C(OC(C)=O)C(=O)S. The van der Waals surface area contributed by atoms with Crippen molar-refractivity contribution in [1.82, 2.24) is 4.98 Å². The fraction of sp³-hybridized carbons (Fsp3) is 0.300. The Morgan fingerprint density at radius 3 is 2.65 bits per heavy atom. The van der Waals surface area contributed by atoms with Crippen LogP contribution >= 0.6 is 24.2 Å². The maximum Gasteiger partial charge on any atom is 0.303 e. The molecule has 0 N–H and O–H groups in total. The molecule has 0 aromatic carbocycles. The van der Waals surface area contributed by atoms with Gasteiger partial charge in [-0.25, -0.2) is 4.98 Å². The van der Waals surface area contributed by atoms with E-state index in [1.807, 2.05) is 0 Å². The van der Waals surface area contributed by atoms with Gasteiger partial charge in [-0.1, -0.05) is 11.6 Å². The highest BCUT2D eigenvalue weighted by Gasteiger charge is 2.25. The molecule has 0 bridgehead atoms. The van der Waals surface area contributed by atoms with Crippen LogP contribution in [-0.2, 0) is 14.3 Å². The van der Waals surface area contributed by atoms with Crippen LogP contribution in [0.25, 0.3) is 0 Å². The monoisotopic (exact) mass is 275 g/mol. The van der Waals surface area contributed by atoms with Crippen LogP contribution in [0.2, 0.25) is 5.02 Å². The molecule has 1 atom stereocenters. The zero-order valence-corrected chi connectivity index (χ0v) is 10.8. The third kappa shape index (κ3) is 3.61. The van der Waals surface area contributed by atoms with Crippen molar-refractivity contribution in [2.24, 2.45) is 0 Å². The Morgan fingerprint density at radius 1 is 1.53 bits per heavy atom. The standard InChI is InChI=1S/C10H10ClNO4S/c1-5(13)16-8(10(14)17)7-3-6(11)4-12-9(7)15-2/h3-4,8H,1-2H3,(H,14,17). The number of thiol groups is 1. The van der Waals surface area contributed by atoms with Crippen LogP contribution in [0.3, 0.4) is 0 Å². The second kappa shape index (κ2) is 5.88. The van der Waals surface area contributed by atoms with Gasteiger partial charge in [0.15, 0.2) is 0 Å². The minimum absolute atomic E-state index is 0.156. The molecule has 1 aromatic rings. The molecule has 1 rings (SSSR count). The number of hydrogen-bond donors (Lipinski definition) is 1. The summed E-state index contributed by atoms with van der Waals surface area (Å²) in [7, 11) is 1.38. The number of nitrogens with zero attached hydrogens (tertiary/aromatic N) is 1. The van der Waals surface area contributed by atoms with Gasteiger partial charge in [0, 0.05) is 13.1 Å². The Hall–Kier alpha value is -1.27. The Kier molecular flexibility index (Phi) is 4.77. The van der Waals surface area contributed by atoms with Gasteiger partial charge in [-0.15, -0.1) is 12.6 Å². The van der Waals surface area contributed by atoms with Gasteiger partial charge in [-0.3, -0.25) is 9.59 Å². The number of carbonyl (C=O) groups excluding carboxylic acids is 2. The lowest BCUT2D eigenvalue weighted by Gasteiger charge is -2.15. The predicted octanol–water partition coefficient (Wildman–Crippen LogP) is 1.80. The largest absolute Gasteiger partial charge is 0.481 e. The van der Waals surface area contributed by atoms with Crippen molar-refractivity contribution in [2.45, 2.75) is 13.0 Å². The quantitative estimate of drug-likeness (QED) is 0.670. The van der Waals surface area contributed by atoms with E-state index in [1.54, 1.807) is 0 Å². The van der Waals surface area contributed by atoms with Gasteiger partial charge in [-0.2, -0.15) is 0 Å². The van der Waals surface area contributed by atoms with Crippen LogP contribution < -0.4 is 4.74 Å². The number of esters is 1. The van der Waals surface area contributed by atoms with Crippen molar-refractivity contribution < 1.29 is 19.1 Å². The molecule has 0 saturated heterocycles. The molecule has 0 aliphatic heterocycles. The van der Waals surface area contributed by atoms with Gasteiger partial charge in [-0.05, 0) is 6.07 Å². The Bertz CT molecular complexity index is 452. The summed E-state index contributed by atoms with van der Waals surface area (Å²) in [6.07, 6.45) is 0.175. The van der Waals surface area contributed by atoms with Gasteiger partial charge in [0.2, 0.25) is 17.1 Å². The smallest absolute Gasteiger partial charge is 0.303 e. The van der Waals surface area contributed by atoms with E-state index in [-0.39, 0.29) is 11.4 Å². The first-order valence-electron chi connectivity index (χ1n) is 4.55. The summed E-state index contributed by atoms with van der Waals surface area (Å²) in [5, 5.41) is -0.338. The number of hydrogen-bond acceptors (Lipinski definition) is 5. The third-order valence-electron chi connectivity index (χ3n) is 1.83. The molecule has 0 fully saturated rings. The normalized spacial score (nSPS) is 11.8. The number of ether oxygens (including phenoxy) is 2. The summed E-state index contributed by atoms with van der Waals surface area (Å²) in [5.41, 5.74) is 0.259. The zero-order chi connectivity index (χ0) is 13.0. The van der Waals surface area contributed by atoms with E-state index in [1.165, 1.54) is 26.3 Å². The van der Waals surface area contributed by atoms with Crippen LogP contribution in [-0.4, -0.2) is 23.2 Å². The van der Waals surface area contributed by atoms with E-state index in [0.29, 0.717) is 5.02 Å². The summed E-state index contributed by atoms with van der Waals surface area (Å²) in [6.45, 7) is 1.19. The van der Waals surface area contributed by atoms with E-state index >= 15 is 0 Å². The third-order valence-corrected chi connectivity index (χ3v) is 2.27. The van der Waals surface area contributed by atoms with Crippen molar-refractivity contribution in [3.63, 3.8) is 0 Å². The lowest BCUT2D eigenvalue weighted by atomic mass is 10.1. The van der Waals surface area contributed by atoms with Gasteiger partial charge in [0.05, 0.1) is 17.7 Å². The molecule has 5 nitrogen and oxygen atoms in total. The van der Waals surface area contributed by atoms with Gasteiger partial charge in [0.25, 0.3) is 0 Å². The molecule has 0 aliphatic carbocycles. The lowest BCUT2D eigenvalue weighted by molar-refractivity contribution is -0.150. The lowest BCUT2D eigenvalue weighted by Crippen LogP contribution is -2.16. The highest BCUT2D eigenvalue weighted by Crippen LogP contribution is 2.29. The van der Waals surface area contributed by atoms with E-state index in [0.717, 1.165) is 0 Å². The number of rotatable bonds is 4. The molecule has 0 saturated carbocycles. The average molecular weight is 276 g/mol. The first kappa shape index (κ1) is 13.8. The predicted molar refractivity (Wildman–Crippen MR) is 64.3 cm³/mol. The molecule has 1 heterocycles. The average Bonchev–Trinajstić information content (AvgIpc) is 2.25. The Balaban J connectivity index is 3.20. The summed E-state index contributed by atoms with van der Waals surface area (Å²) in [4.78, 5) is 26.1.